The summed E-state index contributed by atoms with van der Waals surface area (Å²) in [4.78, 5) is 0. The SMILES string of the molecule is [Ni].[Ni].[Ni].[Ni].[Ni].[Sm]. The third kappa shape index (κ3) is 25.0. The summed E-state index contributed by atoms with van der Waals surface area (Å²) in [6.07, 6.45) is 0. The van der Waals surface area contributed by atoms with Crippen molar-refractivity contribution in [3.05, 3.63) is 0 Å². The molecule has 0 amide bonds. The number of rotatable bonds is 0. The molecule has 0 saturated heterocycles. The topological polar surface area (TPSA) is 0 Å². The van der Waals surface area contributed by atoms with Crippen molar-refractivity contribution in [3.8, 4) is 0 Å². The smallest absolute Gasteiger partial charge is 0 e. The predicted molar refractivity (Wildman–Crippen MR) is 0 cm³/mol. The van der Waals surface area contributed by atoms with Crippen LogP contribution in [0, 0.1) is 40.4 Å². The minimum absolute atomic E-state index is 0. The van der Waals surface area contributed by atoms with Gasteiger partial charge in [-0.05, 0) is 0 Å². The van der Waals surface area contributed by atoms with E-state index in [-0.39, 0.29) is 123 Å². The van der Waals surface area contributed by atoms with Crippen LogP contribution >= 0.6 is 0 Å². The zero-order valence-corrected chi connectivity index (χ0v) is 9.55. The molecule has 0 aromatic heterocycles. The van der Waals surface area contributed by atoms with Gasteiger partial charge in [-0.1, -0.05) is 0 Å². The molecule has 6 heteroatoms. The van der Waals surface area contributed by atoms with E-state index in [9.17, 15) is 0 Å². The van der Waals surface area contributed by atoms with E-state index in [0.717, 1.165) is 0 Å². The molecule has 0 fully saturated rings. The van der Waals surface area contributed by atoms with Gasteiger partial charge < -0.3 is 0 Å². The van der Waals surface area contributed by atoms with Gasteiger partial charge in [-0.15, -0.1) is 0 Å². The molecular formula is Ni5Sm. The molecule has 0 aromatic rings. The third-order valence-corrected chi connectivity index (χ3v) is 0. The molecule has 56 valence electrons. The van der Waals surface area contributed by atoms with Gasteiger partial charge in [0, 0.05) is 123 Å². The van der Waals surface area contributed by atoms with Crippen LogP contribution in [-0.4, -0.2) is 0 Å². The summed E-state index contributed by atoms with van der Waals surface area (Å²) in [5.74, 6) is 0. The Balaban J connectivity index is 0. The first-order valence-corrected chi connectivity index (χ1v) is 0. The molecule has 0 nitrogen and oxygen atoms in total. The fourth-order valence-electron chi connectivity index (χ4n) is 0. The zero-order valence-electron chi connectivity index (χ0n) is 1.99. The second kappa shape index (κ2) is 37.0. The molecule has 0 spiro atoms. The van der Waals surface area contributed by atoms with Crippen molar-refractivity contribution in [3.63, 3.8) is 0 Å². The summed E-state index contributed by atoms with van der Waals surface area (Å²) in [5.41, 5.74) is 0. The van der Waals surface area contributed by atoms with Gasteiger partial charge in [0.15, 0.2) is 0 Å². The van der Waals surface area contributed by atoms with Gasteiger partial charge in [-0.3, -0.25) is 0 Å². The van der Waals surface area contributed by atoms with E-state index in [1.165, 1.54) is 0 Å². The van der Waals surface area contributed by atoms with Crippen LogP contribution in [0.5, 0.6) is 0 Å². The van der Waals surface area contributed by atoms with Gasteiger partial charge in [-0.25, -0.2) is 0 Å². The second-order valence-corrected chi connectivity index (χ2v) is 0. The molecule has 0 aliphatic rings. The average Bonchev–Trinajstić information content (AvgIpc) is 0. The van der Waals surface area contributed by atoms with Gasteiger partial charge in [0.05, 0.1) is 0 Å². The molecule has 0 atom stereocenters. The Hall–Kier alpha value is 3.81. The minimum atomic E-state index is 0. The van der Waals surface area contributed by atoms with Crippen LogP contribution in [0.25, 0.3) is 0 Å². The number of hydrogen-bond acceptors (Lipinski definition) is 0. The van der Waals surface area contributed by atoms with Crippen molar-refractivity contribution in [1.29, 1.82) is 0 Å². The van der Waals surface area contributed by atoms with Crippen LogP contribution in [0.4, 0.5) is 0 Å². The molecule has 0 radical (unpaired) electrons. The molecule has 0 saturated carbocycles. The molecule has 0 aromatic carbocycles. The predicted octanol–water partition coefficient (Wildman–Crippen LogP) is -0.0125. The Labute approximate surface area is 120 Å². The fourth-order valence-corrected chi connectivity index (χ4v) is 0. The van der Waals surface area contributed by atoms with Crippen molar-refractivity contribution in [2.24, 2.45) is 0 Å². The summed E-state index contributed by atoms with van der Waals surface area (Å²) < 4.78 is 0. The molecule has 0 N–H and O–H groups in total. The normalized spacial score (nSPS) is 0. The van der Waals surface area contributed by atoms with E-state index in [1.807, 2.05) is 0 Å². The van der Waals surface area contributed by atoms with Crippen LogP contribution in [0.2, 0.25) is 0 Å². The maximum Gasteiger partial charge on any atom is 0 e. The maximum atomic E-state index is 0. The number of hydrogen-bond donors (Lipinski definition) is 0. The Kier molecular flexibility index (Phi) is 324. The quantitative estimate of drug-likeness (QED) is 0.462. The van der Waals surface area contributed by atoms with Crippen LogP contribution in [-0.2, 0) is 82.5 Å². The van der Waals surface area contributed by atoms with Gasteiger partial charge in [-0.2, -0.15) is 0 Å². The summed E-state index contributed by atoms with van der Waals surface area (Å²) in [7, 11) is 0. The van der Waals surface area contributed by atoms with E-state index in [2.05, 4.69) is 0 Å². The summed E-state index contributed by atoms with van der Waals surface area (Å²) in [5, 5.41) is 0. The first kappa shape index (κ1) is 52.5. The van der Waals surface area contributed by atoms with Gasteiger partial charge in [0.2, 0.25) is 0 Å². The van der Waals surface area contributed by atoms with Crippen molar-refractivity contribution >= 4 is 0 Å². The van der Waals surface area contributed by atoms with Crippen LogP contribution in [0.15, 0.2) is 0 Å². The summed E-state index contributed by atoms with van der Waals surface area (Å²) in [6, 6.07) is 0. The summed E-state index contributed by atoms with van der Waals surface area (Å²) in [6.45, 7) is 0. The van der Waals surface area contributed by atoms with Crippen LogP contribution in [0.1, 0.15) is 0 Å². The largest absolute Gasteiger partial charge is 0 e. The molecule has 0 unspecified atom stereocenters. The van der Waals surface area contributed by atoms with E-state index in [1.54, 1.807) is 0 Å². The van der Waals surface area contributed by atoms with Crippen molar-refractivity contribution in [2.75, 3.05) is 0 Å². The first-order valence-electron chi connectivity index (χ1n) is 0. The van der Waals surface area contributed by atoms with Gasteiger partial charge in [0.25, 0.3) is 0 Å². The molecule has 6 heavy (non-hydrogen) atoms. The van der Waals surface area contributed by atoms with Crippen LogP contribution < -0.4 is 0 Å². The fraction of sp³-hybridized carbons (Fsp3) is 0. The maximum absolute atomic E-state index is 0. The van der Waals surface area contributed by atoms with Crippen molar-refractivity contribution in [2.45, 2.75) is 0 Å². The second-order valence-electron chi connectivity index (χ2n) is 0. The van der Waals surface area contributed by atoms with Crippen molar-refractivity contribution in [1.82, 2.24) is 0 Å². The van der Waals surface area contributed by atoms with Crippen molar-refractivity contribution < 1.29 is 123 Å². The molecule has 0 aliphatic heterocycles. The minimum Gasteiger partial charge on any atom is 0 e. The summed E-state index contributed by atoms with van der Waals surface area (Å²) >= 11 is 0. The molecule has 0 rings (SSSR count). The monoisotopic (exact) mass is 442 g/mol. The van der Waals surface area contributed by atoms with Crippen LogP contribution in [0.3, 0.4) is 0 Å². The third-order valence-electron chi connectivity index (χ3n) is 0. The Morgan fingerprint density at radius 2 is 0.333 bits per heavy atom. The molecule has 0 aliphatic carbocycles. The van der Waals surface area contributed by atoms with E-state index in [4.69, 9.17) is 0 Å². The molecule has 0 heterocycles. The standard InChI is InChI=1S/5Ni.Sm. The molecule has 0 bridgehead atoms. The van der Waals surface area contributed by atoms with Gasteiger partial charge >= 0.3 is 0 Å². The Morgan fingerprint density at radius 3 is 0.333 bits per heavy atom. The van der Waals surface area contributed by atoms with E-state index in [0.29, 0.717) is 0 Å². The molecular weight excluding hydrogens is 444 g/mol. The zero-order chi connectivity index (χ0) is 0. The Morgan fingerprint density at radius 1 is 0.333 bits per heavy atom. The van der Waals surface area contributed by atoms with E-state index >= 15 is 0 Å². The first-order chi connectivity index (χ1) is 0. The van der Waals surface area contributed by atoms with E-state index < -0.39 is 0 Å². The average molecular weight is 444 g/mol. The van der Waals surface area contributed by atoms with Gasteiger partial charge in [0.1, 0.15) is 0 Å². The Bertz CT molecular complexity index is 3.90.